The highest BCUT2D eigenvalue weighted by Crippen LogP contribution is 2.28. The number of thioether (sulfide) groups is 1. The number of nitrogens with two attached hydrogens (primary N) is 1. The first-order chi connectivity index (χ1) is 15.1. The molecular weight excluding hydrogens is 436 g/mol. The van der Waals surface area contributed by atoms with Gasteiger partial charge in [0.25, 0.3) is 5.91 Å². The number of rotatable bonds is 10. The van der Waals surface area contributed by atoms with Crippen molar-refractivity contribution in [3.05, 3.63) is 40.3 Å². The fourth-order valence-electron chi connectivity index (χ4n) is 3.77. The maximum absolute atomic E-state index is 13.0. The number of methoxy groups -OCH3 is 1. The van der Waals surface area contributed by atoms with Crippen molar-refractivity contribution in [1.82, 2.24) is 26.2 Å². The summed E-state index contributed by atoms with van der Waals surface area (Å²) < 4.78 is 5.28. The van der Waals surface area contributed by atoms with Crippen molar-refractivity contribution in [2.24, 2.45) is 5.73 Å². The molecule has 1 amide bonds. The first-order valence-corrected chi connectivity index (χ1v) is 12.3. The van der Waals surface area contributed by atoms with Gasteiger partial charge in [-0.2, -0.15) is 11.8 Å². The fraction of sp³-hybridized carbons (Fsp3) is 0.571. The van der Waals surface area contributed by atoms with E-state index in [1.165, 1.54) is 0 Å². The maximum Gasteiger partial charge on any atom is 0.271 e. The van der Waals surface area contributed by atoms with Crippen LogP contribution in [0.25, 0.3) is 0 Å². The Bertz CT molecular complexity index is 787. The van der Waals surface area contributed by atoms with Crippen molar-refractivity contribution < 1.29 is 9.53 Å². The Morgan fingerprint density at radius 3 is 2.81 bits per heavy atom. The summed E-state index contributed by atoms with van der Waals surface area (Å²) in [7, 11) is 1.60. The van der Waals surface area contributed by atoms with Crippen molar-refractivity contribution >= 4 is 29.3 Å². The van der Waals surface area contributed by atoms with E-state index in [-0.39, 0.29) is 12.2 Å². The third kappa shape index (κ3) is 6.12. The number of amides is 1. The Kier molecular flexibility index (Phi) is 9.01. The molecule has 2 heterocycles. The monoisotopic (exact) mass is 468 g/mol. The van der Waals surface area contributed by atoms with Gasteiger partial charge >= 0.3 is 0 Å². The van der Waals surface area contributed by atoms with Crippen molar-refractivity contribution in [3.8, 4) is 5.75 Å². The molecule has 1 unspecified atom stereocenters. The van der Waals surface area contributed by atoms with Crippen LogP contribution >= 0.6 is 23.4 Å². The molecule has 8 nitrogen and oxygen atoms in total. The molecule has 172 valence electrons. The molecule has 1 aromatic carbocycles. The lowest BCUT2D eigenvalue weighted by molar-refractivity contribution is -0.119. The number of likely N-dealkylation sites (N-methyl/N-ethyl adjacent to an activating group) is 1. The lowest BCUT2D eigenvalue weighted by atomic mass is 10.1. The summed E-state index contributed by atoms with van der Waals surface area (Å²) in [6, 6.07) is 6.10. The third-order valence-corrected chi connectivity index (χ3v) is 6.64. The van der Waals surface area contributed by atoms with Crippen molar-refractivity contribution in [2.75, 3.05) is 38.2 Å². The highest BCUT2D eigenvalue weighted by Gasteiger charge is 2.36. The molecule has 0 aliphatic carbocycles. The molecule has 0 bridgehead atoms. The van der Waals surface area contributed by atoms with Crippen LogP contribution in [0.4, 0.5) is 0 Å². The Morgan fingerprint density at radius 1 is 1.39 bits per heavy atom. The largest absolute Gasteiger partial charge is 0.495 e. The first-order valence-electron chi connectivity index (χ1n) is 10.7. The number of benzene rings is 1. The quantitative estimate of drug-likeness (QED) is 0.351. The van der Waals surface area contributed by atoms with Crippen LogP contribution < -0.4 is 31.7 Å². The maximum atomic E-state index is 13.0. The molecule has 2 aliphatic rings. The summed E-state index contributed by atoms with van der Waals surface area (Å²) in [5.41, 5.74) is 7.26. The zero-order chi connectivity index (χ0) is 22.2. The van der Waals surface area contributed by atoms with E-state index in [1.54, 1.807) is 7.11 Å². The van der Waals surface area contributed by atoms with E-state index < -0.39 is 0 Å². The number of ether oxygens (including phenoxy) is 1. The summed E-state index contributed by atoms with van der Waals surface area (Å²) in [5, 5.41) is 13.9. The van der Waals surface area contributed by atoms with Gasteiger partial charge in [0.15, 0.2) is 6.29 Å². The molecule has 10 heteroatoms. The molecule has 1 atom stereocenters. The molecule has 1 aromatic rings. The summed E-state index contributed by atoms with van der Waals surface area (Å²) in [6.07, 6.45) is 1.99. The highest BCUT2D eigenvalue weighted by atomic mass is 35.5. The third-order valence-electron chi connectivity index (χ3n) is 5.30. The van der Waals surface area contributed by atoms with Crippen LogP contribution in [0, 0.1) is 0 Å². The van der Waals surface area contributed by atoms with Crippen molar-refractivity contribution in [2.45, 2.75) is 38.6 Å². The Labute approximate surface area is 193 Å². The van der Waals surface area contributed by atoms with E-state index >= 15 is 0 Å². The van der Waals surface area contributed by atoms with Gasteiger partial charge in [0, 0.05) is 32.2 Å². The van der Waals surface area contributed by atoms with E-state index in [9.17, 15) is 4.79 Å². The summed E-state index contributed by atoms with van der Waals surface area (Å²) in [4.78, 5) is 15.1. The molecule has 1 saturated heterocycles. The van der Waals surface area contributed by atoms with Crippen LogP contribution in [-0.2, 0) is 11.3 Å². The molecule has 0 saturated carbocycles. The number of carbonyl (C=O) groups is 1. The van der Waals surface area contributed by atoms with Crippen LogP contribution in [0.3, 0.4) is 0 Å². The van der Waals surface area contributed by atoms with Crippen molar-refractivity contribution in [3.63, 3.8) is 0 Å². The number of halogens is 1. The smallest absolute Gasteiger partial charge is 0.271 e. The Balaban J connectivity index is 1.89. The van der Waals surface area contributed by atoms with Gasteiger partial charge in [-0.05, 0) is 49.0 Å². The summed E-state index contributed by atoms with van der Waals surface area (Å²) >= 11 is 8.35. The molecule has 3 rings (SSSR count). The van der Waals surface area contributed by atoms with Gasteiger partial charge in [0.2, 0.25) is 0 Å². The fourth-order valence-corrected chi connectivity index (χ4v) is 5.16. The van der Waals surface area contributed by atoms with Gasteiger partial charge in [-0.1, -0.05) is 17.7 Å². The molecule has 0 aromatic heterocycles. The summed E-state index contributed by atoms with van der Waals surface area (Å²) in [5.74, 6) is 3.49. The first kappa shape index (κ1) is 23.8. The topological polar surface area (TPSA) is 104 Å². The molecule has 6 N–H and O–H groups in total. The lowest BCUT2D eigenvalue weighted by Gasteiger charge is -2.33. The number of nitrogens with one attached hydrogen (secondary N) is 4. The lowest BCUT2D eigenvalue weighted by Crippen LogP contribution is -2.54. The van der Waals surface area contributed by atoms with Gasteiger partial charge < -0.3 is 31.3 Å². The van der Waals surface area contributed by atoms with Gasteiger partial charge in [-0.25, -0.2) is 0 Å². The second-order valence-electron chi connectivity index (χ2n) is 7.50. The minimum Gasteiger partial charge on any atom is -0.495 e. The molecule has 0 spiro atoms. The van der Waals surface area contributed by atoms with Crippen LogP contribution in [-0.4, -0.2) is 61.4 Å². The minimum atomic E-state index is -0.216. The second-order valence-corrected chi connectivity index (χ2v) is 9.13. The zero-order valence-corrected chi connectivity index (χ0v) is 19.7. The number of hydrogen-bond acceptors (Lipinski definition) is 8. The van der Waals surface area contributed by atoms with Crippen LogP contribution in [0.2, 0.25) is 5.02 Å². The average Bonchev–Trinajstić information content (AvgIpc) is 3.10. The van der Waals surface area contributed by atoms with E-state index in [0.29, 0.717) is 54.5 Å². The number of nitrogens with zero attached hydrogens (tertiary/aromatic N) is 1. The standard InChI is InChI=1S/C21H33ClN6O2S/c1-3-24-20(29)18-19(25-9-8-23)27-21(26-15-6-10-31-11-7-15)28(18)13-14-4-5-17(30-2)16(22)12-14/h4-5,12,15,21,25-27H,3,6-11,13,23H2,1-2H3,(H,24,29). The van der Waals surface area contributed by atoms with Crippen LogP contribution in [0.5, 0.6) is 5.75 Å². The van der Waals surface area contributed by atoms with Gasteiger partial charge in [-0.3, -0.25) is 10.1 Å². The van der Waals surface area contributed by atoms with Crippen molar-refractivity contribution in [1.29, 1.82) is 0 Å². The number of carbonyl (C=O) groups excluding carboxylic acids is 1. The Hall–Kier alpha value is -1.81. The summed E-state index contributed by atoms with van der Waals surface area (Å²) in [6.45, 7) is 4.01. The van der Waals surface area contributed by atoms with Crippen LogP contribution in [0.15, 0.2) is 29.7 Å². The van der Waals surface area contributed by atoms with Crippen LogP contribution in [0.1, 0.15) is 25.3 Å². The van der Waals surface area contributed by atoms with Gasteiger partial charge in [0.05, 0.1) is 12.1 Å². The van der Waals surface area contributed by atoms with E-state index in [0.717, 1.165) is 29.9 Å². The molecule has 1 fully saturated rings. The van der Waals surface area contributed by atoms with E-state index in [2.05, 4.69) is 26.2 Å². The predicted octanol–water partition coefficient (Wildman–Crippen LogP) is 1.38. The molecule has 0 radical (unpaired) electrons. The van der Waals surface area contributed by atoms with E-state index in [1.807, 2.05) is 36.9 Å². The van der Waals surface area contributed by atoms with Gasteiger partial charge in [-0.15, -0.1) is 0 Å². The van der Waals surface area contributed by atoms with E-state index in [4.69, 9.17) is 22.1 Å². The molecular formula is C21H33ClN6O2S. The normalized spacial score (nSPS) is 19.4. The SMILES string of the molecule is CCNC(=O)C1=C(NCCN)NC(NC2CCSCC2)N1Cc1ccc(OC)c(Cl)c1. The number of hydrogen-bond donors (Lipinski definition) is 5. The van der Waals surface area contributed by atoms with Gasteiger partial charge in [0.1, 0.15) is 17.3 Å². The average molecular weight is 469 g/mol. The zero-order valence-electron chi connectivity index (χ0n) is 18.2. The predicted molar refractivity (Wildman–Crippen MR) is 127 cm³/mol. The second kappa shape index (κ2) is 11.7. The molecule has 2 aliphatic heterocycles. The minimum absolute atomic E-state index is 0.127. The Morgan fingerprint density at radius 2 is 2.16 bits per heavy atom. The highest BCUT2D eigenvalue weighted by molar-refractivity contribution is 7.99. The molecule has 31 heavy (non-hydrogen) atoms.